The van der Waals surface area contributed by atoms with Gasteiger partial charge in [-0.1, -0.05) is 6.92 Å². The fourth-order valence-corrected chi connectivity index (χ4v) is 3.28. The van der Waals surface area contributed by atoms with Gasteiger partial charge in [0.15, 0.2) is 0 Å². The van der Waals surface area contributed by atoms with Gasteiger partial charge < -0.3 is 16.0 Å². The van der Waals surface area contributed by atoms with Crippen LogP contribution in [-0.2, 0) is 4.79 Å². The second kappa shape index (κ2) is 7.25. The molecule has 0 spiro atoms. The summed E-state index contributed by atoms with van der Waals surface area (Å²) in [4.78, 5) is 14.6. The van der Waals surface area contributed by atoms with Crippen LogP contribution in [0.25, 0.3) is 0 Å². The Morgan fingerprint density at radius 3 is 2.37 bits per heavy atom. The zero-order chi connectivity index (χ0) is 13.7. The lowest BCUT2D eigenvalue weighted by atomic mass is 9.85. The van der Waals surface area contributed by atoms with Gasteiger partial charge in [-0.05, 0) is 64.1 Å². The molecule has 0 radical (unpaired) electrons. The largest absolute Gasteiger partial charge is 0.356 e. The number of piperidine rings is 1. The first-order valence-corrected chi connectivity index (χ1v) is 7.94. The summed E-state index contributed by atoms with van der Waals surface area (Å²) in [6.45, 7) is 6.63. The lowest BCUT2D eigenvalue weighted by Gasteiger charge is -2.31. The molecule has 1 saturated carbocycles. The predicted octanol–water partition coefficient (Wildman–Crippen LogP) is 1.35. The summed E-state index contributed by atoms with van der Waals surface area (Å²) in [5, 5.41) is 3.17. The number of hydrogen-bond acceptors (Lipinski definition) is 3. The zero-order valence-electron chi connectivity index (χ0n) is 12.2. The highest BCUT2D eigenvalue weighted by molar-refractivity contribution is 5.78. The van der Waals surface area contributed by atoms with Crippen molar-refractivity contribution in [3.05, 3.63) is 0 Å². The Morgan fingerprint density at radius 2 is 1.79 bits per heavy atom. The minimum atomic E-state index is 0.218. The van der Waals surface area contributed by atoms with E-state index < -0.39 is 0 Å². The van der Waals surface area contributed by atoms with E-state index >= 15 is 0 Å². The smallest absolute Gasteiger partial charge is 0.223 e. The summed E-state index contributed by atoms with van der Waals surface area (Å²) < 4.78 is 0. The molecule has 1 heterocycles. The van der Waals surface area contributed by atoms with E-state index in [0.717, 1.165) is 38.8 Å². The first kappa shape index (κ1) is 14.8. The van der Waals surface area contributed by atoms with Crippen LogP contribution in [0.4, 0.5) is 0 Å². The van der Waals surface area contributed by atoms with Crippen LogP contribution in [0.1, 0.15) is 45.4 Å². The van der Waals surface area contributed by atoms with Gasteiger partial charge in [0.1, 0.15) is 0 Å². The number of nitrogens with two attached hydrogens (primary N) is 1. The normalized spacial score (nSPS) is 30.2. The molecular weight excluding hydrogens is 238 g/mol. The highest BCUT2D eigenvalue weighted by Gasteiger charge is 2.25. The molecule has 0 atom stereocenters. The number of carbonyl (C=O) groups excluding carboxylic acids is 1. The third-order valence-electron chi connectivity index (χ3n) is 4.86. The van der Waals surface area contributed by atoms with E-state index in [-0.39, 0.29) is 11.8 Å². The third-order valence-corrected chi connectivity index (χ3v) is 4.86. The SMILES string of the molecule is CCN1CCC(CNC(=O)C2CCC(N)CC2)CC1. The van der Waals surface area contributed by atoms with Gasteiger partial charge in [0.2, 0.25) is 5.91 Å². The molecule has 19 heavy (non-hydrogen) atoms. The van der Waals surface area contributed by atoms with Crippen LogP contribution >= 0.6 is 0 Å². The number of carbonyl (C=O) groups is 1. The second-order valence-corrected chi connectivity index (χ2v) is 6.23. The lowest BCUT2D eigenvalue weighted by Crippen LogP contribution is -2.41. The van der Waals surface area contributed by atoms with Gasteiger partial charge in [-0.15, -0.1) is 0 Å². The van der Waals surface area contributed by atoms with Gasteiger partial charge in [-0.3, -0.25) is 4.79 Å². The van der Waals surface area contributed by atoms with E-state index in [1.165, 1.54) is 25.9 Å². The Kier molecular flexibility index (Phi) is 5.64. The minimum Gasteiger partial charge on any atom is -0.356 e. The first-order valence-electron chi connectivity index (χ1n) is 7.94. The van der Waals surface area contributed by atoms with Crippen LogP contribution in [0.15, 0.2) is 0 Å². The van der Waals surface area contributed by atoms with Crippen molar-refractivity contribution in [2.75, 3.05) is 26.2 Å². The Morgan fingerprint density at radius 1 is 1.16 bits per heavy atom. The van der Waals surface area contributed by atoms with E-state index in [9.17, 15) is 4.79 Å². The molecule has 4 heteroatoms. The molecule has 110 valence electrons. The van der Waals surface area contributed by atoms with Crippen LogP contribution in [0.2, 0.25) is 0 Å². The molecule has 2 rings (SSSR count). The van der Waals surface area contributed by atoms with Gasteiger partial charge >= 0.3 is 0 Å². The minimum absolute atomic E-state index is 0.218. The topological polar surface area (TPSA) is 58.4 Å². The van der Waals surface area contributed by atoms with Crippen LogP contribution in [0, 0.1) is 11.8 Å². The van der Waals surface area contributed by atoms with Gasteiger partial charge in [0.25, 0.3) is 0 Å². The summed E-state index contributed by atoms with van der Waals surface area (Å²) in [5.41, 5.74) is 5.88. The van der Waals surface area contributed by atoms with Gasteiger partial charge in [0.05, 0.1) is 0 Å². The second-order valence-electron chi connectivity index (χ2n) is 6.23. The Hall–Kier alpha value is -0.610. The average Bonchev–Trinajstić information content (AvgIpc) is 2.46. The number of nitrogens with one attached hydrogen (secondary N) is 1. The zero-order valence-corrected chi connectivity index (χ0v) is 12.2. The fourth-order valence-electron chi connectivity index (χ4n) is 3.28. The standard InChI is InChI=1S/C15H29N3O/c1-2-18-9-7-12(8-10-18)11-17-15(19)13-3-5-14(16)6-4-13/h12-14H,2-11,16H2,1H3,(H,17,19). The van der Waals surface area contributed by atoms with Crippen LogP contribution in [0.5, 0.6) is 0 Å². The number of amides is 1. The van der Waals surface area contributed by atoms with Crippen molar-refractivity contribution in [2.24, 2.45) is 17.6 Å². The van der Waals surface area contributed by atoms with Crippen molar-refractivity contribution in [1.29, 1.82) is 0 Å². The lowest BCUT2D eigenvalue weighted by molar-refractivity contribution is -0.126. The first-order chi connectivity index (χ1) is 9.19. The quantitative estimate of drug-likeness (QED) is 0.808. The Labute approximate surface area is 117 Å². The molecule has 0 unspecified atom stereocenters. The molecular formula is C15H29N3O. The van der Waals surface area contributed by atoms with Gasteiger partial charge in [-0.25, -0.2) is 0 Å². The highest BCUT2D eigenvalue weighted by Crippen LogP contribution is 2.23. The molecule has 1 saturated heterocycles. The van der Waals surface area contributed by atoms with E-state index in [0.29, 0.717) is 12.0 Å². The molecule has 2 aliphatic rings. The van der Waals surface area contributed by atoms with E-state index in [4.69, 9.17) is 5.73 Å². The maximum atomic E-state index is 12.1. The Bertz CT molecular complexity index is 279. The fraction of sp³-hybridized carbons (Fsp3) is 0.933. The van der Waals surface area contributed by atoms with E-state index in [1.807, 2.05) is 0 Å². The summed E-state index contributed by atoms with van der Waals surface area (Å²) >= 11 is 0. The Balaban J connectivity index is 1.64. The molecule has 1 aliphatic heterocycles. The van der Waals surface area contributed by atoms with E-state index in [2.05, 4.69) is 17.1 Å². The molecule has 1 amide bonds. The summed E-state index contributed by atoms with van der Waals surface area (Å²) in [7, 11) is 0. The van der Waals surface area contributed by atoms with Crippen LogP contribution in [0.3, 0.4) is 0 Å². The van der Waals surface area contributed by atoms with Crippen molar-refractivity contribution in [3.8, 4) is 0 Å². The molecule has 0 aromatic carbocycles. The summed E-state index contributed by atoms with van der Waals surface area (Å²) in [5.74, 6) is 1.16. The average molecular weight is 267 g/mol. The molecule has 4 nitrogen and oxygen atoms in total. The van der Waals surface area contributed by atoms with Gasteiger partial charge in [-0.2, -0.15) is 0 Å². The molecule has 3 N–H and O–H groups in total. The number of nitrogens with zero attached hydrogens (tertiary/aromatic N) is 1. The monoisotopic (exact) mass is 267 g/mol. The number of rotatable bonds is 4. The molecule has 0 aromatic rings. The number of likely N-dealkylation sites (tertiary alicyclic amines) is 1. The predicted molar refractivity (Wildman–Crippen MR) is 77.8 cm³/mol. The maximum absolute atomic E-state index is 12.1. The van der Waals surface area contributed by atoms with E-state index in [1.54, 1.807) is 0 Å². The summed E-state index contributed by atoms with van der Waals surface area (Å²) in [6, 6.07) is 0.322. The third kappa shape index (κ3) is 4.46. The van der Waals surface area contributed by atoms with Gasteiger partial charge in [0, 0.05) is 18.5 Å². The van der Waals surface area contributed by atoms with Crippen LogP contribution < -0.4 is 11.1 Å². The summed E-state index contributed by atoms with van der Waals surface area (Å²) in [6.07, 6.45) is 6.41. The van der Waals surface area contributed by atoms with Crippen molar-refractivity contribution in [2.45, 2.75) is 51.5 Å². The van der Waals surface area contributed by atoms with Crippen LogP contribution in [-0.4, -0.2) is 43.0 Å². The van der Waals surface area contributed by atoms with Crippen molar-refractivity contribution >= 4 is 5.91 Å². The number of hydrogen-bond donors (Lipinski definition) is 2. The molecule has 0 aromatic heterocycles. The molecule has 0 bridgehead atoms. The van der Waals surface area contributed by atoms with Crippen molar-refractivity contribution < 1.29 is 4.79 Å². The highest BCUT2D eigenvalue weighted by atomic mass is 16.1. The molecule has 1 aliphatic carbocycles. The maximum Gasteiger partial charge on any atom is 0.223 e. The van der Waals surface area contributed by atoms with Crippen molar-refractivity contribution in [3.63, 3.8) is 0 Å². The molecule has 2 fully saturated rings. The van der Waals surface area contributed by atoms with Crippen molar-refractivity contribution in [1.82, 2.24) is 10.2 Å².